The van der Waals surface area contributed by atoms with Crippen LogP contribution in [0.4, 0.5) is 0 Å². The standard InChI is InChI=1S/C32H38N5O6PS/c1-20(2)15-26(31(40)36-25(30(33)39)17-22-18-34-24-12-7-6-11-23(22)24)35-28(38)19-44(42,43)29(16-21-9-4-3-5-10-21)37-32(41)27-13-8-14-45-27/h3-14,18,20,25-26,29,34H,15-17,19H2,1-2H3,(H2,33,39)(H,35,38)(H,36,40)(H,37,41)(H,42,43)/t25-,26-,29?/m0/s1. The number of para-hydroxylation sites is 1. The van der Waals surface area contributed by atoms with Crippen molar-refractivity contribution in [3.8, 4) is 0 Å². The molecule has 0 bridgehead atoms. The van der Waals surface area contributed by atoms with Crippen LogP contribution in [-0.2, 0) is 31.8 Å². The lowest BCUT2D eigenvalue weighted by Crippen LogP contribution is -2.54. The normalized spacial score (nSPS) is 14.7. The van der Waals surface area contributed by atoms with Gasteiger partial charge in [-0.25, -0.2) is 0 Å². The van der Waals surface area contributed by atoms with E-state index in [4.69, 9.17) is 5.73 Å². The molecular formula is C32H38N5O6PS. The third-order valence-electron chi connectivity index (χ3n) is 7.29. The number of aromatic amines is 1. The molecule has 4 amide bonds. The van der Waals surface area contributed by atoms with Crippen LogP contribution in [0.2, 0.25) is 0 Å². The molecule has 0 radical (unpaired) electrons. The molecule has 4 atom stereocenters. The minimum absolute atomic E-state index is 0.0169. The monoisotopic (exact) mass is 651 g/mol. The molecule has 0 aliphatic heterocycles. The van der Waals surface area contributed by atoms with Crippen LogP contribution >= 0.6 is 18.7 Å². The Morgan fingerprint density at radius 1 is 0.911 bits per heavy atom. The number of H-pyrrole nitrogens is 1. The van der Waals surface area contributed by atoms with Crippen molar-refractivity contribution in [3.63, 3.8) is 0 Å². The summed E-state index contributed by atoms with van der Waals surface area (Å²) in [5, 5.41) is 10.5. The van der Waals surface area contributed by atoms with Crippen LogP contribution in [0.3, 0.4) is 0 Å². The van der Waals surface area contributed by atoms with Gasteiger partial charge in [0.05, 0.1) is 4.88 Å². The van der Waals surface area contributed by atoms with Crippen molar-refractivity contribution >= 4 is 53.2 Å². The molecule has 45 heavy (non-hydrogen) atoms. The first-order chi connectivity index (χ1) is 21.4. The van der Waals surface area contributed by atoms with Crippen LogP contribution in [0.15, 0.2) is 78.3 Å². The van der Waals surface area contributed by atoms with Gasteiger partial charge in [0.1, 0.15) is 24.0 Å². The summed E-state index contributed by atoms with van der Waals surface area (Å²) in [6, 6.07) is 17.5. The number of carbonyl (C=O) groups is 4. The lowest BCUT2D eigenvalue weighted by atomic mass is 10.0. The van der Waals surface area contributed by atoms with E-state index in [0.29, 0.717) is 10.4 Å². The number of hydrogen-bond donors (Lipinski definition) is 6. The highest BCUT2D eigenvalue weighted by molar-refractivity contribution is 7.59. The van der Waals surface area contributed by atoms with Crippen molar-refractivity contribution in [3.05, 3.63) is 94.3 Å². The molecule has 2 aromatic heterocycles. The van der Waals surface area contributed by atoms with Gasteiger partial charge in [-0.3, -0.25) is 23.7 Å². The van der Waals surface area contributed by atoms with E-state index in [2.05, 4.69) is 20.9 Å². The SMILES string of the molecule is CC(C)C[C@H](NC(=O)CP(=O)(O)C(Cc1ccccc1)NC(=O)c1cccs1)C(=O)N[C@@H](Cc1c[nH]c2ccccc12)C(N)=O. The second-order valence-electron chi connectivity index (χ2n) is 11.3. The summed E-state index contributed by atoms with van der Waals surface area (Å²) in [7, 11) is -4.35. The van der Waals surface area contributed by atoms with E-state index in [0.717, 1.165) is 16.5 Å². The molecule has 0 saturated heterocycles. The Kier molecular flexibility index (Phi) is 11.3. The van der Waals surface area contributed by atoms with Gasteiger partial charge >= 0.3 is 0 Å². The Labute approximate surface area is 265 Å². The largest absolute Gasteiger partial charge is 0.368 e. The van der Waals surface area contributed by atoms with Gasteiger partial charge in [0.2, 0.25) is 25.1 Å². The summed E-state index contributed by atoms with van der Waals surface area (Å²) in [4.78, 5) is 66.5. The van der Waals surface area contributed by atoms with Gasteiger partial charge in [-0.1, -0.05) is 68.4 Å². The fourth-order valence-corrected chi connectivity index (χ4v) is 7.20. The fourth-order valence-electron chi connectivity index (χ4n) is 5.04. The first-order valence-corrected chi connectivity index (χ1v) is 17.4. The van der Waals surface area contributed by atoms with Crippen LogP contribution in [0.5, 0.6) is 0 Å². The Hall–Kier alpha value is -4.25. The second-order valence-corrected chi connectivity index (χ2v) is 14.7. The third-order valence-corrected chi connectivity index (χ3v) is 10.2. The number of rotatable bonds is 15. The van der Waals surface area contributed by atoms with Crippen LogP contribution < -0.4 is 21.7 Å². The Morgan fingerprint density at radius 3 is 2.29 bits per heavy atom. The minimum Gasteiger partial charge on any atom is -0.368 e. The summed E-state index contributed by atoms with van der Waals surface area (Å²) in [6.45, 7) is 3.72. The quantitative estimate of drug-likeness (QED) is 0.107. The highest BCUT2D eigenvalue weighted by Crippen LogP contribution is 2.46. The molecule has 11 nitrogen and oxygen atoms in total. The summed E-state index contributed by atoms with van der Waals surface area (Å²) in [5.74, 6) is -4.04. The molecule has 13 heteroatoms. The maximum absolute atomic E-state index is 13.7. The van der Waals surface area contributed by atoms with Gasteiger partial charge in [-0.2, -0.15) is 0 Å². The molecule has 4 rings (SSSR count). The number of fused-ring (bicyclic) bond motifs is 1. The molecular weight excluding hydrogens is 613 g/mol. The van der Waals surface area contributed by atoms with Gasteiger partial charge in [-0.15, -0.1) is 11.3 Å². The predicted octanol–water partition coefficient (Wildman–Crippen LogP) is 3.54. The predicted molar refractivity (Wildman–Crippen MR) is 175 cm³/mol. The topological polar surface area (TPSA) is 183 Å². The van der Waals surface area contributed by atoms with E-state index in [-0.39, 0.29) is 25.2 Å². The average molecular weight is 652 g/mol. The highest BCUT2D eigenvalue weighted by Gasteiger charge is 2.36. The number of benzene rings is 2. The van der Waals surface area contributed by atoms with E-state index in [1.54, 1.807) is 54.0 Å². The zero-order valence-corrected chi connectivity index (χ0v) is 26.8. The number of amides is 4. The van der Waals surface area contributed by atoms with Gasteiger partial charge in [0, 0.05) is 29.9 Å². The average Bonchev–Trinajstić information content (AvgIpc) is 3.67. The molecule has 0 aliphatic rings. The summed E-state index contributed by atoms with van der Waals surface area (Å²) in [6.07, 6.45) is 1.27. The second kappa shape index (κ2) is 15.2. The smallest absolute Gasteiger partial charge is 0.262 e. The first-order valence-electron chi connectivity index (χ1n) is 14.6. The summed E-state index contributed by atoms with van der Waals surface area (Å²) in [5.41, 5.74) is 8.01. The van der Waals surface area contributed by atoms with Gasteiger partial charge in [-0.05, 0) is 41.0 Å². The zero-order valence-electron chi connectivity index (χ0n) is 25.1. The van der Waals surface area contributed by atoms with E-state index >= 15 is 0 Å². The number of nitrogens with two attached hydrogens (primary N) is 1. The minimum atomic E-state index is -4.35. The van der Waals surface area contributed by atoms with Crippen LogP contribution in [0.1, 0.15) is 41.1 Å². The van der Waals surface area contributed by atoms with Crippen LogP contribution in [-0.4, -0.2) is 57.5 Å². The van der Waals surface area contributed by atoms with Crippen molar-refractivity contribution < 1.29 is 28.6 Å². The molecule has 0 aliphatic carbocycles. The van der Waals surface area contributed by atoms with Crippen LogP contribution in [0.25, 0.3) is 10.9 Å². The van der Waals surface area contributed by atoms with Crippen molar-refractivity contribution in [1.82, 2.24) is 20.9 Å². The number of thiophene rings is 1. The molecule has 7 N–H and O–H groups in total. The number of hydrogen-bond acceptors (Lipinski definition) is 6. The fraction of sp³-hybridized carbons (Fsp3) is 0.312. The van der Waals surface area contributed by atoms with Crippen LogP contribution in [0, 0.1) is 5.92 Å². The molecule has 0 saturated carbocycles. The van der Waals surface area contributed by atoms with E-state index < -0.39 is 55.0 Å². The molecule has 4 aromatic rings. The molecule has 0 spiro atoms. The highest BCUT2D eigenvalue weighted by atomic mass is 32.1. The van der Waals surface area contributed by atoms with Crippen molar-refractivity contribution in [2.24, 2.45) is 11.7 Å². The number of nitrogens with one attached hydrogen (secondary N) is 4. The molecule has 2 unspecified atom stereocenters. The number of carbonyl (C=O) groups excluding carboxylic acids is 4. The van der Waals surface area contributed by atoms with Crippen molar-refractivity contribution in [2.75, 3.05) is 6.16 Å². The Bertz CT molecular complexity index is 1670. The van der Waals surface area contributed by atoms with Crippen molar-refractivity contribution in [1.29, 1.82) is 0 Å². The lowest BCUT2D eigenvalue weighted by molar-refractivity contribution is -0.131. The Morgan fingerprint density at radius 2 is 1.62 bits per heavy atom. The van der Waals surface area contributed by atoms with E-state index in [1.807, 2.05) is 38.1 Å². The molecule has 238 valence electrons. The maximum atomic E-state index is 13.7. The van der Waals surface area contributed by atoms with Crippen molar-refractivity contribution in [2.45, 2.75) is 51.0 Å². The van der Waals surface area contributed by atoms with E-state index in [9.17, 15) is 28.6 Å². The lowest BCUT2D eigenvalue weighted by Gasteiger charge is -2.26. The van der Waals surface area contributed by atoms with E-state index in [1.165, 1.54) is 11.3 Å². The Balaban J connectivity index is 1.47. The summed E-state index contributed by atoms with van der Waals surface area (Å²) >= 11 is 1.19. The van der Waals surface area contributed by atoms with Gasteiger partial charge in [0.15, 0.2) is 0 Å². The molecule has 0 fully saturated rings. The number of primary amides is 1. The van der Waals surface area contributed by atoms with Gasteiger partial charge in [0.25, 0.3) is 5.91 Å². The zero-order chi connectivity index (χ0) is 32.6. The van der Waals surface area contributed by atoms with Gasteiger partial charge < -0.3 is 31.6 Å². The number of aromatic nitrogens is 1. The first kappa shape index (κ1) is 33.6. The molecule has 2 aromatic carbocycles. The third kappa shape index (κ3) is 9.37. The molecule has 2 heterocycles. The summed E-state index contributed by atoms with van der Waals surface area (Å²) < 4.78 is 13.7. The maximum Gasteiger partial charge on any atom is 0.262 e.